The van der Waals surface area contributed by atoms with Gasteiger partial charge in [0.05, 0.1) is 31.1 Å². The van der Waals surface area contributed by atoms with Crippen molar-refractivity contribution in [2.24, 2.45) is 0 Å². The van der Waals surface area contributed by atoms with E-state index in [0.29, 0.717) is 18.9 Å². The number of hydrogen-bond acceptors (Lipinski definition) is 4. The maximum atomic E-state index is 12.2. The minimum atomic E-state index is -0.763. The highest BCUT2D eigenvalue weighted by atomic mass is 16.7. The van der Waals surface area contributed by atoms with Crippen molar-refractivity contribution in [2.45, 2.75) is 33.0 Å². The van der Waals surface area contributed by atoms with E-state index in [1.165, 1.54) is 0 Å². The van der Waals surface area contributed by atoms with Gasteiger partial charge in [-0.05, 0) is 51.5 Å². The van der Waals surface area contributed by atoms with Gasteiger partial charge in [-0.2, -0.15) is 5.10 Å². The van der Waals surface area contributed by atoms with Crippen molar-refractivity contribution in [2.75, 3.05) is 25.1 Å². The molecule has 3 rings (SSSR count). The van der Waals surface area contributed by atoms with Crippen LogP contribution >= 0.6 is 0 Å². The molecule has 0 unspecified atom stereocenters. The monoisotopic (exact) mass is 344 g/mol. The summed E-state index contributed by atoms with van der Waals surface area (Å²) in [5.41, 5.74) is 3.58. The van der Waals surface area contributed by atoms with E-state index in [1.807, 2.05) is 55.8 Å². The first-order chi connectivity index (χ1) is 12.0. The van der Waals surface area contributed by atoms with Crippen LogP contribution in [0.5, 0.6) is 0 Å². The largest absolute Gasteiger partial charge is 0.348 e. The standard InChI is InChI=1S/C18H24N4O3/c1-13-10-14(2)22(21-13)16-7-4-6-15(11-16)20-17(23)19-12-18(3)24-8-5-9-25-18/h4,6-7,10-11H,5,8-9,12H2,1-3H3,(H2,19,20,23). The Bertz CT molecular complexity index is 751. The molecule has 0 bridgehead atoms. The van der Waals surface area contributed by atoms with Crippen LogP contribution in [0.25, 0.3) is 5.69 Å². The lowest BCUT2D eigenvalue weighted by atomic mass is 10.2. The number of anilines is 1. The Balaban J connectivity index is 1.62. The number of rotatable bonds is 4. The Labute approximate surface area is 147 Å². The summed E-state index contributed by atoms with van der Waals surface area (Å²) in [6.45, 7) is 7.35. The number of aromatic nitrogens is 2. The van der Waals surface area contributed by atoms with Gasteiger partial charge in [0.2, 0.25) is 0 Å². The molecule has 2 N–H and O–H groups in total. The van der Waals surface area contributed by atoms with Gasteiger partial charge in [0.15, 0.2) is 5.79 Å². The maximum Gasteiger partial charge on any atom is 0.319 e. The van der Waals surface area contributed by atoms with Crippen LogP contribution in [0, 0.1) is 13.8 Å². The SMILES string of the molecule is Cc1cc(C)n(-c2cccc(NC(=O)NCC3(C)OCCCO3)c2)n1. The van der Waals surface area contributed by atoms with Crippen molar-refractivity contribution in [1.29, 1.82) is 0 Å². The van der Waals surface area contributed by atoms with Crippen LogP contribution in [0.4, 0.5) is 10.5 Å². The number of ether oxygens (including phenoxy) is 2. The molecular formula is C18H24N4O3. The fraction of sp³-hybridized carbons (Fsp3) is 0.444. The average Bonchev–Trinajstić information content (AvgIpc) is 2.93. The lowest BCUT2D eigenvalue weighted by molar-refractivity contribution is -0.250. The predicted octanol–water partition coefficient (Wildman–Crippen LogP) is 2.76. The Morgan fingerprint density at radius 3 is 2.72 bits per heavy atom. The summed E-state index contributed by atoms with van der Waals surface area (Å²) in [7, 11) is 0. The molecule has 1 aromatic carbocycles. The first-order valence-electron chi connectivity index (χ1n) is 8.42. The number of amides is 2. The van der Waals surface area contributed by atoms with E-state index in [0.717, 1.165) is 23.5 Å². The van der Waals surface area contributed by atoms with Gasteiger partial charge in [-0.25, -0.2) is 9.48 Å². The number of aryl methyl sites for hydroxylation is 2. The van der Waals surface area contributed by atoms with E-state index < -0.39 is 5.79 Å². The van der Waals surface area contributed by atoms with Crippen molar-refractivity contribution in [3.63, 3.8) is 0 Å². The van der Waals surface area contributed by atoms with Gasteiger partial charge in [0, 0.05) is 11.4 Å². The van der Waals surface area contributed by atoms with Crippen LogP contribution in [0.1, 0.15) is 24.7 Å². The van der Waals surface area contributed by atoms with E-state index in [-0.39, 0.29) is 12.6 Å². The fourth-order valence-corrected chi connectivity index (χ4v) is 2.80. The number of carbonyl (C=O) groups excluding carboxylic acids is 1. The van der Waals surface area contributed by atoms with E-state index in [9.17, 15) is 4.79 Å². The zero-order valence-electron chi connectivity index (χ0n) is 14.8. The first kappa shape index (κ1) is 17.4. The summed E-state index contributed by atoms with van der Waals surface area (Å²) in [5.74, 6) is -0.763. The van der Waals surface area contributed by atoms with Gasteiger partial charge >= 0.3 is 6.03 Å². The maximum absolute atomic E-state index is 12.2. The zero-order chi connectivity index (χ0) is 17.9. The molecule has 2 heterocycles. The summed E-state index contributed by atoms with van der Waals surface area (Å²) in [6, 6.07) is 9.27. The highest BCUT2D eigenvalue weighted by molar-refractivity contribution is 5.89. The minimum Gasteiger partial charge on any atom is -0.348 e. The first-order valence-corrected chi connectivity index (χ1v) is 8.42. The van der Waals surface area contributed by atoms with Gasteiger partial charge in [-0.15, -0.1) is 0 Å². The Kier molecular flexibility index (Phi) is 5.06. The second kappa shape index (κ2) is 7.25. The zero-order valence-corrected chi connectivity index (χ0v) is 14.8. The number of nitrogens with one attached hydrogen (secondary N) is 2. The molecule has 1 saturated heterocycles. The summed E-state index contributed by atoms with van der Waals surface area (Å²) >= 11 is 0. The van der Waals surface area contributed by atoms with Crippen LogP contribution in [0.3, 0.4) is 0 Å². The third-order valence-corrected chi connectivity index (χ3v) is 4.03. The van der Waals surface area contributed by atoms with E-state index in [4.69, 9.17) is 9.47 Å². The number of carbonyl (C=O) groups is 1. The van der Waals surface area contributed by atoms with Crippen LogP contribution in [0.2, 0.25) is 0 Å². The van der Waals surface area contributed by atoms with Crippen LogP contribution in [-0.2, 0) is 9.47 Å². The normalized spacial score (nSPS) is 16.4. The van der Waals surface area contributed by atoms with Crippen molar-refractivity contribution >= 4 is 11.7 Å². The molecule has 7 nitrogen and oxygen atoms in total. The lowest BCUT2D eigenvalue weighted by Gasteiger charge is -2.33. The summed E-state index contributed by atoms with van der Waals surface area (Å²) in [6.07, 6.45) is 0.876. The molecule has 0 radical (unpaired) electrons. The van der Waals surface area contributed by atoms with Crippen LogP contribution < -0.4 is 10.6 Å². The van der Waals surface area contributed by atoms with Crippen molar-refractivity contribution in [3.05, 3.63) is 41.7 Å². The van der Waals surface area contributed by atoms with Crippen LogP contribution in [-0.4, -0.2) is 41.4 Å². The quantitative estimate of drug-likeness (QED) is 0.894. The number of nitrogens with zero attached hydrogens (tertiary/aromatic N) is 2. The lowest BCUT2D eigenvalue weighted by Crippen LogP contribution is -2.48. The summed E-state index contributed by atoms with van der Waals surface area (Å²) in [5, 5.41) is 10.1. The van der Waals surface area contributed by atoms with E-state index in [1.54, 1.807) is 0 Å². The van der Waals surface area contributed by atoms with Gasteiger partial charge in [0.25, 0.3) is 0 Å². The predicted molar refractivity (Wildman–Crippen MR) is 95.0 cm³/mol. The van der Waals surface area contributed by atoms with Gasteiger partial charge < -0.3 is 20.1 Å². The summed E-state index contributed by atoms with van der Waals surface area (Å²) in [4.78, 5) is 12.2. The molecule has 0 spiro atoms. The van der Waals surface area contributed by atoms with Crippen molar-refractivity contribution in [1.82, 2.24) is 15.1 Å². The third kappa shape index (κ3) is 4.37. The second-order valence-electron chi connectivity index (χ2n) is 6.38. The molecule has 0 atom stereocenters. The molecule has 134 valence electrons. The van der Waals surface area contributed by atoms with Gasteiger partial charge in [-0.1, -0.05) is 6.07 Å². The van der Waals surface area contributed by atoms with Gasteiger partial charge in [-0.3, -0.25) is 0 Å². The highest BCUT2D eigenvalue weighted by Gasteiger charge is 2.29. The average molecular weight is 344 g/mol. The molecule has 1 fully saturated rings. The second-order valence-corrected chi connectivity index (χ2v) is 6.38. The third-order valence-electron chi connectivity index (χ3n) is 4.03. The Morgan fingerprint density at radius 1 is 1.28 bits per heavy atom. The Hall–Kier alpha value is -2.38. The Morgan fingerprint density at radius 2 is 2.04 bits per heavy atom. The number of benzene rings is 1. The molecule has 1 aromatic heterocycles. The number of urea groups is 1. The molecular weight excluding hydrogens is 320 g/mol. The van der Waals surface area contributed by atoms with Crippen molar-refractivity contribution < 1.29 is 14.3 Å². The summed E-state index contributed by atoms with van der Waals surface area (Å²) < 4.78 is 13.0. The molecule has 1 aliphatic heterocycles. The smallest absolute Gasteiger partial charge is 0.319 e. The molecule has 2 aromatic rings. The molecule has 2 amide bonds. The molecule has 25 heavy (non-hydrogen) atoms. The number of hydrogen-bond donors (Lipinski definition) is 2. The molecule has 7 heteroatoms. The highest BCUT2D eigenvalue weighted by Crippen LogP contribution is 2.18. The topological polar surface area (TPSA) is 77.4 Å². The minimum absolute atomic E-state index is 0.288. The van der Waals surface area contributed by atoms with E-state index >= 15 is 0 Å². The van der Waals surface area contributed by atoms with Crippen LogP contribution in [0.15, 0.2) is 30.3 Å². The molecule has 0 saturated carbocycles. The van der Waals surface area contributed by atoms with E-state index in [2.05, 4.69) is 15.7 Å². The van der Waals surface area contributed by atoms with Crippen molar-refractivity contribution in [3.8, 4) is 5.69 Å². The van der Waals surface area contributed by atoms with Gasteiger partial charge in [0.1, 0.15) is 0 Å². The molecule has 0 aliphatic carbocycles. The fourth-order valence-electron chi connectivity index (χ4n) is 2.80. The molecule has 1 aliphatic rings.